The number of nitrogens with one attached hydrogen (secondary N) is 1. The molecule has 1 N–H and O–H groups in total. The lowest BCUT2D eigenvalue weighted by Gasteiger charge is -2.18. The minimum atomic E-state index is -0.248. The van der Waals surface area contributed by atoms with E-state index in [1.165, 1.54) is 6.07 Å². The molecule has 0 aromatic heterocycles. The van der Waals surface area contributed by atoms with Crippen LogP contribution in [0, 0.1) is 17.1 Å². The third kappa shape index (κ3) is 4.22. The second kappa shape index (κ2) is 7.96. The van der Waals surface area contributed by atoms with Crippen LogP contribution in [0.25, 0.3) is 0 Å². The molecule has 1 aliphatic rings. The first-order valence-corrected chi connectivity index (χ1v) is 7.41. The molecule has 0 bridgehead atoms. The van der Waals surface area contributed by atoms with Crippen LogP contribution >= 0.6 is 12.4 Å². The number of nitriles is 1. The van der Waals surface area contributed by atoms with Crippen molar-refractivity contribution in [3.63, 3.8) is 0 Å². The maximum Gasteiger partial charge on any atom is 0.124 e. The van der Waals surface area contributed by atoms with Gasteiger partial charge in [-0.15, -0.1) is 12.4 Å². The van der Waals surface area contributed by atoms with Crippen molar-refractivity contribution in [3.05, 3.63) is 65.0 Å². The van der Waals surface area contributed by atoms with Gasteiger partial charge in [-0.1, -0.05) is 12.1 Å². The first-order valence-electron chi connectivity index (χ1n) is 7.41. The van der Waals surface area contributed by atoms with Crippen molar-refractivity contribution < 1.29 is 9.13 Å². The zero-order valence-electron chi connectivity index (χ0n) is 12.6. The summed E-state index contributed by atoms with van der Waals surface area (Å²) < 4.78 is 19.2. The monoisotopic (exact) mass is 332 g/mol. The van der Waals surface area contributed by atoms with E-state index in [0.717, 1.165) is 29.7 Å². The normalized spacial score (nSPS) is 16.3. The molecule has 0 saturated carbocycles. The summed E-state index contributed by atoms with van der Waals surface area (Å²) in [5, 5.41) is 12.4. The number of fused-ring (bicyclic) bond motifs is 1. The van der Waals surface area contributed by atoms with E-state index in [1.54, 1.807) is 18.2 Å². The Morgan fingerprint density at radius 2 is 2.13 bits per heavy atom. The van der Waals surface area contributed by atoms with Crippen molar-refractivity contribution in [2.24, 2.45) is 0 Å². The maximum atomic E-state index is 13.5. The third-order valence-electron chi connectivity index (χ3n) is 3.85. The molecule has 2 aromatic carbocycles. The van der Waals surface area contributed by atoms with E-state index in [-0.39, 0.29) is 24.3 Å². The Hall–Kier alpha value is -2.09. The van der Waals surface area contributed by atoms with Crippen molar-refractivity contribution in [3.8, 4) is 11.8 Å². The SMILES string of the molecule is Cl.N#Cc1cccc(CNC2CCCOc3ccc(F)cc32)c1. The molecular formula is C18H18ClFN2O. The van der Waals surface area contributed by atoms with Gasteiger partial charge < -0.3 is 10.1 Å². The fraction of sp³-hybridized carbons (Fsp3) is 0.278. The summed E-state index contributed by atoms with van der Waals surface area (Å²) in [6.45, 7) is 1.29. The van der Waals surface area contributed by atoms with Crippen LogP contribution in [0.4, 0.5) is 4.39 Å². The molecule has 0 spiro atoms. The lowest BCUT2D eigenvalue weighted by Crippen LogP contribution is -2.20. The lowest BCUT2D eigenvalue weighted by molar-refractivity contribution is 0.315. The lowest BCUT2D eigenvalue weighted by atomic mass is 10.0. The van der Waals surface area contributed by atoms with Crippen LogP contribution in [0.3, 0.4) is 0 Å². The highest BCUT2D eigenvalue weighted by Gasteiger charge is 2.20. The molecule has 1 heterocycles. The molecule has 3 nitrogen and oxygen atoms in total. The van der Waals surface area contributed by atoms with Gasteiger partial charge in [-0.05, 0) is 48.7 Å². The fourth-order valence-electron chi connectivity index (χ4n) is 2.75. The van der Waals surface area contributed by atoms with Gasteiger partial charge in [0.15, 0.2) is 0 Å². The summed E-state index contributed by atoms with van der Waals surface area (Å²) in [6, 6.07) is 14.4. The number of hydrogen-bond acceptors (Lipinski definition) is 3. The van der Waals surface area contributed by atoms with Crippen molar-refractivity contribution in [2.45, 2.75) is 25.4 Å². The van der Waals surface area contributed by atoms with Crippen molar-refractivity contribution in [1.29, 1.82) is 5.26 Å². The van der Waals surface area contributed by atoms with Crippen LogP contribution in [0.5, 0.6) is 5.75 Å². The Labute approximate surface area is 141 Å². The summed E-state index contributed by atoms with van der Waals surface area (Å²) in [7, 11) is 0. The van der Waals surface area contributed by atoms with Crippen LogP contribution in [0.2, 0.25) is 0 Å². The molecule has 1 unspecified atom stereocenters. The summed E-state index contributed by atoms with van der Waals surface area (Å²) in [5.74, 6) is 0.504. The molecule has 0 aliphatic carbocycles. The molecule has 0 radical (unpaired) electrons. The minimum absolute atomic E-state index is 0. The van der Waals surface area contributed by atoms with Gasteiger partial charge in [0.25, 0.3) is 0 Å². The van der Waals surface area contributed by atoms with Crippen LogP contribution in [0.15, 0.2) is 42.5 Å². The number of rotatable bonds is 3. The van der Waals surface area contributed by atoms with Gasteiger partial charge in [-0.25, -0.2) is 4.39 Å². The molecule has 0 saturated heterocycles. The van der Waals surface area contributed by atoms with Crippen LogP contribution < -0.4 is 10.1 Å². The Bertz CT molecular complexity index is 714. The molecule has 5 heteroatoms. The van der Waals surface area contributed by atoms with Crippen molar-refractivity contribution >= 4 is 12.4 Å². The van der Waals surface area contributed by atoms with Gasteiger partial charge in [0.2, 0.25) is 0 Å². The second-order valence-corrected chi connectivity index (χ2v) is 5.42. The molecule has 0 fully saturated rings. The zero-order chi connectivity index (χ0) is 15.4. The maximum absolute atomic E-state index is 13.5. The first-order chi connectivity index (χ1) is 10.8. The molecule has 23 heavy (non-hydrogen) atoms. The van der Waals surface area contributed by atoms with E-state index in [2.05, 4.69) is 11.4 Å². The predicted octanol–water partition coefficient (Wildman–Crippen LogP) is 4.12. The molecule has 2 aromatic rings. The van der Waals surface area contributed by atoms with E-state index in [0.29, 0.717) is 18.7 Å². The fourth-order valence-corrected chi connectivity index (χ4v) is 2.75. The van der Waals surface area contributed by atoms with Crippen molar-refractivity contribution in [1.82, 2.24) is 5.32 Å². The van der Waals surface area contributed by atoms with Gasteiger partial charge in [-0.3, -0.25) is 0 Å². The predicted molar refractivity (Wildman–Crippen MR) is 89.1 cm³/mol. The number of nitrogens with zero attached hydrogens (tertiary/aromatic N) is 1. The van der Waals surface area contributed by atoms with E-state index in [9.17, 15) is 4.39 Å². The van der Waals surface area contributed by atoms with Gasteiger partial charge in [-0.2, -0.15) is 5.26 Å². The van der Waals surface area contributed by atoms with E-state index >= 15 is 0 Å². The zero-order valence-corrected chi connectivity index (χ0v) is 13.4. The van der Waals surface area contributed by atoms with Crippen LogP contribution in [-0.2, 0) is 6.54 Å². The largest absolute Gasteiger partial charge is 0.493 e. The van der Waals surface area contributed by atoms with Gasteiger partial charge in [0, 0.05) is 18.2 Å². The highest BCUT2D eigenvalue weighted by molar-refractivity contribution is 5.85. The Morgan fingerprint density at radius 3 is 2.96 bits per heavy atom. The van der Waals surface area contributed by atoms with Gasteiger partial charge in [0.1, 0.15) is 11.6 Å². The average Bonchev–Trinajstić information content (AvgIpc) is 2.75. The molecule has 1 atom stereocenters. The van der Waals surface area contributed by atoms with E-state index in [4.69, 9.17) is 10.00 Å². The highest BCUT2D eigenvalue weighted by Crippen LogP contribution is 2.32. The first kappa shape index (κ1) is 17.3. The summed E-state index contributed by atoms with van der Waals surface area (Å²) >= 11 is 0. The Morgan fingerprint density at radius 1 is 1.26 bits per heavy atom. The number of benzene rings is 2. The van der Waals surface area contributed by atoms with E-state index < -0.39 is 0 Å². The molecule has 1 aliphatic heterocycles. The standard InChI is InChI=1S/C18H17FN2O.ClH/c19-15-6-7-18-16(10-15)17(5-2-8-22-18)21-12-14-4-1-3-13(9-14)11-20;/h1,3-4,6-7,9-10,17,21H,2,5,8,12H2;1H. The van der Waals surface area contributed by atoms with Crippen LogP contribution in [0.1, 0.15) is 35.6 Å². The Balaban J connectivity index is 0.00000192. The molecular weight excluding hydrogens is 315 g/mol. The Kier molecular flexibility index (Phi) is 5.97. The molecule has 3 rings (SSSR count). The van der Waals surface area contributed by atoms with Crippen LogP contribution in [-0.4, -0.2) is 6.61 Å². The average molecular weight is 333 g/mol. The second-order valence-electron chi connectivity index (χ2n) is 5.42. The van der Waals surface area contributed by atoms with Gasteiger partial charge >= 0.3 is 0 Å². The van der Waals surface area contributed by atoms with Crippen molar-refractivity contribution in [2.75, 3.05) is 6.61 Å². The summed E-state index contributed by atoms with van der Waals surface area (Å²) in [5.41, 5.74) is 2.56. The number of hydrogen-bond donors (Lipinski definition) is 1. The number of halogens is 2. The minimum Gasteiger partial charge on any atom is -0.493 e. The molecule has 120 valence electrons. The quantitative estimate of drug-likeness (QED) is 0.919. The summed E-state index contributed by atoms with van der Waals surface area (Å²) in [6.07, 6.45) is 1.82. The highest BCUT2D eigenvalue weighted by atomic mass is 35.5. The summed E-state index contributed by atoms with van der Waals surface area (Å²) in [4.78, 5) is 0. The number of ether oxygens (including phenoxy) is 1. The van der Waals surface area contributed by atoms with E-state index in [1.807, 2.05) is 18.2 Å². The van der Waals surface area contributed by atoms with Gasteiger partial charge in [0.05, 0.1) is 18.2 Å². The third-order valence-corrected chi connectivity index (χ3v) is 3.85. The molecule has 0 amide bonds. The topological polar surface area (TPSA) is 45.0 Å². The smallest absolute Gasteiger partial charge is 0.124 e.